The highest BCUT2D eigenvalue weighted by Crippen LogP contribution is 2.72. The van der Waals surface area contributed by atoms with Crippen molar-refractivity contribution < 1.29 is 33.7 Å². The molecule has 218 valence electrons. The summed E-state index contributed by atoms with van der Waals surface area (Å²) in [6.45, 7) is 9.15. The Kier molecular flexibility index (Phi) is 6.56. The SMILES string of the molecule is Cc1ccc(CCO/N=C2\C=C[C@@]3(C)C(=C2)CC[C@H]2[C@@H]4C[C@H]5OC(C)(C)O[C@@]5(C(=O)CO)[C@@]4(C)C[C@H](O)[C@@]23F)s1. The quantitative estimate of drug-likeness (QED) is 0.374. The summed E-state index contributed by atoms with van der Waals surface area (Å²) in [6, 6.07) is 4.19. The molecule has 4 fully saturated rings. The number of thiophene rings is 1. The van der Waals surface area contributed by atoms with Crippen molar-refractivity contribution >= 4 is 22.8 Å². The van der Waals surface area contributed by atoms with Crippen LogP contribution in [0.4, 0.5) is 4.39 Å². The van der Waals surface area contributed by atoms with Gasteiger partial charge in [-0.25, -0.2) is 4.39 Å². The zero-order valence-electron chi connectivity index (χ0n) is 23.9. The van der Waals surface area contributed by atoms with Gasteiger partial charge in [0, 0.05) is 32.9 Å². The minimum Gasteiger partial charge on any atom is -0.395 e. The second-order valence-electron chi connectivity index (χ2n) is 13.1. The number of ketones is 1. The zero-order chi connectivity index (χ0) is 28.7. The lowest BCUT2D eigenvalue weighted by atomic mass is 9.44. The number of aryl methyl sites for hydroxylation is 1. The van der Waals surface area contributed by atoms with Gasteiger partial charge in [-0.15, -0.1) is 11.3 Å². The van der Waals surface area contributed by atoms with Crippen LogP contribution < -0.4 is 0 Å². The second kappa shape index (κ2) is 9.30. The number of carbonyl (C=O) groups excluding carboxylic acids is 1. The molecule has 8 atom stereocenters. The average Bonchev–Trinajstić information content (AvgIpc) is 3.51. The molecule has 0 amide bonds. The van der Waals surface area contributed by atoms with Crippen LogP contribution in [-0.4, -0.2) is 64.2 Å². The van der Waals surface area contributed by atoms with Crippen LogP contribution in [0.25, 0.3) is 0 Å². The lowest BCUT2D eigenvalue weighted by Gasteiger charge is -2.62. The fourth-order valence-electron chi connectivity index (χ4n) is 8.88. The van der Waals surface area contributed by atoms with E-state index in [2.05, 4.69) is 24.2 Å². The molecule has 1 aliphatic heterocycles. The van der Waals surface area contributed by atoms with E-state index in [0.29, 0.717) is 31.6 Å². The first-order chi connectivity index (χ1) is 18.8. The molecule has 9 heteroatoms. The fourth-order valence-corrected chi connectivity index (χ4v) is 9.75. The number of nitrogens with zero attached hydrogens (tertiary/aromatic N) is 1. The van der Waals surface area contributed by atoms with Crippen LogP contribution in [0, 0.1) is 29.6 Å². The molecular weight excluding hydrogens is 533 g/mol. The first kappa shape index (κ1) is 28.2. The molecule has 3 saturated carbocycles. The monoisotopic (exact) mass is 573 g/mol. The van der Waals surface area contributed by atoms with Crippen LogP contribution in [0.5, 0.6) is 0 Å². The van der Waals surface area contributed by atoms with Gasteiger partial charge >= 0.3 is 0 Å². The van der Waals surface area contributed by atoms with Crippen molar-refractivity contribution in [1.82, 2.24) is 0 Å². The second-order valence-corrected chi connectivity index (χ2v) is 14.5. The Labute approximate surface area is 239 Å². The highest BCUT2D eigenvalue weighted by atomic mass is 32.1. The minimum atomic E-state index is -1.95. The van der Waals surface area contributed by atoms with Crippen molar-refractivity contribution in [2.75, 3.05) is 13.2 Å². The van der Waals surface area contributed by atoms with Gasteiger partial charge in [0.15, 0.2) is 22.8 Å². The van der Waals surface area contributed by atoms with Crippen LogP contribution in [0.2, 0.25) is 0 Å². The van der Waals surface area contributed by atoms with E-state index in [1.54, 1.807) is 31.3 Å². The smallest absolute Gasteiger partial charge is 0.193 e. The first-order valence-electron chi connectivity index (χ1n) is 14.4. The summed E-state index contributed by atoms with van der Waals surface area (Å²) in [6.07, 6.45) is 6.01. The van der Waals surface area contributed by atoms with E-state index in [4.69, 9.17) is 14.3 Å². The number of oxime groups is 1. The number of aliphatic hydroxyl groups is 2. The van der Waals surface area contributed by atoms with Crippen molar-refractivity contribution in [1.29, 1.82) is 0 Å². The largest absolute Gasteiger partial charge is 0.395 e. The highest BCUT2D eigenvalue weighted by molar-refractivity contribution is 7.11. The summed E-state index contributed by atoms with van der Waals surface area (Å²) in [5, 5.41) is 26.0. The van der Waals surface area contributed by atoms with Gasteiger partial charge in [-0.2, -0.15) is 0 Å². The standard InChI is InChI=1S/C31H40FNO6S/c1-18-6-8-21(40-18)11-13-37-33-20-10-12-28(4)19(14-20)7-9-22-23-15-26-31(25(36)17-34,39-27(2,3)38-26)29(23,5)16-24(35)30(22,28)32/h6,8,10,12,14,22-24,26,34-35H,7,9,11,13,15-17H2,1-5H3/b33-20+/t22-,23-,24-,26+,28-,29-,30-,31+/m0/s1. The Bertz CT molecular complexity index is 1300. The number of carbonyl (C=O) groups is 1. The number of Topliss-reactive ketones (excluding diaryl/α,β-unsaturated/α-hetero) is 1. The first-order valence-corrected chi connectivity index (χ1v) is 15.2. The topological polar surface area (TPSA) is 97.6 Å². The molecule has 0 spiro atoms. The Morgan fingerprint density at radius 1 is 1.25 bits per heavy atom. The van der Waals surface area contributed by atoms with E-state index < -0.39 is 58.4 Å². The maximum absolute atomic E-state index is 17.7. The normalized spacial score (nSPS) is 44.0. The Hall–Kier alpha value is -1.91. The van der Waals surface area contributed by atoms with Crippen molar-refractivity contribution in [3.8, 4) is 0 Å². The summed E-state index contributed by atoms with van der Waals surface area (Å²) in [4.78, 5) is 21.5. The number of halogens is 1. The molecule has 5 aliphatic rings. The van der Waals surface area contributed by atoms with Crippen molar-refractivity contribution in [2.24, 2.45) is 27.8 Å². The third-order valence-electron chi connectivity index (χ3n) is 10.6. The molecular formula is C31H40FNO6S. The molecule has 7 nitrogen and oxygen atoms in total. The molecule has 4 aliphatic carbocycles. The fraction of sp³-hybridized carbons (Fsp3) is 0.677. The molecule has 2 heterocycles. The predicted molar refractivity (Wildman–Crippen MR) is 150 cm³/mol. The number of ether oxygens (including phenoxy) is 2. The van der Waals surface area contributed by atoms with Gasteiger partial charge in [0.25, 0.3) is 0 Å². The number of alkyl halides is 1. The van der Waals surface area contributed by atoms with E-state index >= 15 is 4.39 Å². The molecule has 0 bridgehead atoms. The van der Waals surface area contributed by atoms with E-state index in [9.17, 15) is 15.0 Å². The van der Waals surface area contributed by atoms with Gasteiger partial charge < -0.3 is 24.5 Å². The average molecular weight is 574 g/mol. The third kappa shape index (κ3) is 3.73. The summed E-state index contributed by atoms with van der Waals surface area (Å²) < 4.78 is 30.2. The molecule has 1 saturated heterocycles. The molecule has 40 heavy (non-hydrogen) atoms. The number of fused-ring (bicyclic) bond motifs is 7. The van der Waals surface area contributed by atoms with Gasteiger partial charge in [0.1, 0.15) is 18.9 Å². The Balaban J connectivity index is 1.27. The van der Waals surface area contributed by atoms with Crippen molar-refractivity contribution in [3.05, 3.63) is 45.7 Å². The molecule has 2 N–H and O–H groups in total. The van der Waals surface area contributed by atoms with Gasteiger partial charge in [-0.1, -0.05) is 23.7 Å². The van der Waals surface area contributed by atoms with Gasteiger partial charge in [-0.3, -0.25) is 4.79 Å². The molecule has 1 aromatic heterocycles. The van der Waals surface area contributed by atoms with Gasteiger partial charge in [0.05, 0.1) is 12.2 Å². The minimum absolute atomic E-state index is 0.0370. The van der Waals surface area contributed by atoms with Crippen LogP contribution in [-0.2, 0) is 25.5 Å². The highest BCUT2D eigenvalue weighted by Gasteiger charge is 2.79. The number of allylic oxidation sites excluding steroid dienone is 4. The molecule has 0 aromatic carbocycles. The zero-order valence-corrected chi connectivity index (χ0v) is 24.7. The van der Waals surface area contributed by atoms with Gasteiger partial charge in [-0.05, 0) is 83.6 Å². The van der Waals surface area contributed by atoms with E-state index in [1.165, 1.54) is 9.75 Å². The maximum atomic E-state index is 17.7. The van der Waals surface area contributed by atoms with Crippen LogP contribution >= 0.6 is 11.3 Å². The summed E-state index contributed by atoms with van der Waals surface area (Å²) in [5.41, 5.74) is -3.76. The van der Waals surface area contributed by atoms with Crippen LogP contribution in [0.15, 0.2) is 41.1 Å². The maximum Gasteiger partial charge on any atom is 0.193 e. The van der Waals surface area contributed by atoms with Crippen LogP contribution in [0.1, 0.15) is 63.1 Å². The lowest BCUT2D eigenvalue weighted by Crippen LogP contribution is -2.70. The summed E-state index contributed by atoms with van der Waals surface area (Å²) >= 11 is 1.75. The predicted octanol–water partition coefficient (Wildman–Crippen LogP) is 4.83. The van der Waals surface area contributed by atoms with E-state index in [1.807, 2.05) is 26.0 Å². The summed E-state index contributed by atoms with van der Waals surface area (Å²) in [7, 11) is 0. The van der Waals surface area contributed by atoms with E-state index in [0.717, 1.165) is 12.0 Å². The summed E-state index contributed by atoms with van der Waals surface area (Å²) in [5.74, 6) is -2.24. The Morgan fingerprint density at radius 3 is 2.73 bits per heavy atom. The van der Waals surface area contributed by atoms with Crippen molar-refractivity contribution in [3.63, 3.8) is 0 Å². The number of aliphatic hydroxyl groups excluding tert-OH is 2. The van der Waals surface area contributed by atoms with Gasteiger partial charge in [0.2, 0.25) is 0 Å². The molecule has 0 unspecified atom stereocenters. The molecule has 1 aromatic rings. The molecule has 6 rings (SSSR count). The number of hydrogen-bond donors (Lipinski definition) is 2. The molecule has 0 radical (unpaired) electrons. The van der Waals surface area contributed by atoms with E-state index in [-0.39, 0.29) is 12.3 Å². The third-order valence-corrected chi connectivity index (χ3v) is 11.7. The van der Waals surface area contributed by atoms with Crippen LogP contribution in [0.3, 0.4) is 0 Å². The number of hydrogen-bond acceptors (Lipinski definition) is 8. The lowest BCUT2D eigenvalue weighted by molar-refractivity contribution is -0.246. The Morgan fingerprint density at radius 2 is 2.02 bits per heavy atom. The van der Waals surface area contributed by atoms with Crippen molar-refractivity contribution in [2.45, 2.75) is 96.0 Å². The number of rotatable bonds is 6.